The summed E-state index contributed by atoms with van der Waals surface area (Å²) in [6.07, 6.45) is 8.03. The van der Waals surface area contributed by atoms with Crippen molar-refractivity contribution in [1.29, 1.82) is 0 Å². The molecular formula is C19H31NO2. The summed E-state index contributed by atoms with van der Waals surface area (Å²) in [6, 6.07) is 0.323. The van der Waals surface area contributed by atoms with E-state index in [4.69, 9.17) is 5.73 Å². The Morgan fingerprint density at radius 3 is 2.64 bits per heavy atom. The van der Waals surface area contributed by atoms with Gasteiger partial charge in [-0.2, -0.15) is 0 Å². The number of rotatable bonds is 0. The van der Waals surface area contributed by atoms with Gasteiger partial charge in [-0.1, -0.05) is 13.8 Å². The maximum Gasteiger partial charge on any atom is 0.139 e. The quantitative estimate of drug-likeness (QED) is 0.723. The Labute approximate surface area is 134 Å². The molecule has 3 N–H and O–H groups in total. The topological polar surface area (TPSA) is 63.3 Å². The third kappa shape index (κ3) is 1.84. The Bertz CT molecular complexity index is 492. The standard InChI is InChI=1S/C19H31NO2/c1-18-7-5-12(20)9-11(18)10-15(21)17-13-3-4-16(22)19(13,2)8-6-14(17)18/h11-15,17,21H,3-10,20H2,1-2H3/t11?,12?,13-,14+,15?,17-,18-,19-/m0/s1. The van der Waals surface area contributed by atoms with Crippen LogP contribution >= 0.6 is 0 Å². The van der Waals surface area contributed by atoms with Gasteiger partial charge in [-0.25, -0.2) is 0 Å². The smallest absolute Gasteiger partial charge is 0.139 e. The first-order chi connectivity index (χ1) is 10.4. The highest BCUT2D eigenvalue weighted by molar-refractivity contribution is 5.87. The molecule has 0 spiro atoms. The second-order valence-corrected chi connectivity index (χ2v) is 9.25. The van der Waals surface area contributed by atoms with E-state index in [1.807, 2.05) is 0 Å². The SMILES string of the molecule is C[C@]12CCC(N)CC1CC(O)[C@@H]1[C@H]2CC[C@]2(C)C(=O)CC[C@@H]12. The van der Waals surface area contributed by atoms with Crippen LogP contribution in [0.25, 0.3) is 0 Å². The van der Waals surface area contributed by atoms with Crippen LogP contribution < -0.4 is 5.73 Å². The van der Waals surface area contributed by atoms with Crippen molar-refractivity contribution in [2.75, 3.05) is 0 Å². The van der Waals surface area contributed by atoms with Gasteiger partial charge in [0.2, 0.25) is 0 Å². The van der Waals surface area contributed by atoms with E-state index in [1.54, 1.807) is 0 Å². The molecule has 0 radical (unpaired) electrons. The molecule has 0 aromatic heterocycles. The average Bonchev–Trinajstić information content (AvgIpc) is 2.77. The molecule has 4 saturated carbocycles. The molecule has 0 heterocycles. The molecule has 0 aromatic carbocycles. The van der Waals surface area contributed by atoms with Crippen molar-refractivity contribution in [2.45, 2.75) is 77.4 Å². The van der Waals surface area contributed by atoms with Gasteiger partial charge < -0.3 is 10.8 Å². The first kappa shape index (κ1) is 15.1. The summed E-state index contributed by atoms with van der Waals surface area (Å²) in [4.78, 5) is 12.4. The number of carbonyl (C=O) groups is 1. The first-order valence-electron chi connectivity index (χ1n) is 9.33. The molecule has 8 atom stereocenters. The number of fused-ring (bicyclic) bond motifs is 5. The van der Waals surface area contributed by atoms with Crippen LogP contribution in [0.4, 0.5) is 0 Å². The zero-order valence-electron chi connectivity index (χ0n) is 14.1. The van der Waals surface area contributed by atoms with Crippen molar-refractivity contribution in [3.63, 3.8) is 0 Å². The lowest BCUT2D eigenvalue weighted by Crippen LogP contribution is -2.59. The monoisotopic (exact) mass is 305 g/mol. The Kier molecular flexibility index (Phi) is 3.30. The van der Waals surface area contributed by atoms with E-state index in [1.165, 1.54) is 6.42 Å². The van der Waals surface area contributed by atoms with Crippen molar-refractivity contribution >= 4 is 5.78 Å². The number of aliphatic hydroxyl groups excluding tert-OH is 1. The minimum Gasteiger partial charge on any atom is -0.393 e. The van der Waals surface area contributed by atoms with Gasteiger partial charge in [-0.05, 0) is 74.0 Å². The molecule has 4 aliphatic carbocycles. The van der Waals surface area contributed by atoms with Gasteiger partial charge in [-0.3, -0.25) is 4.79 Å². The van der Waals surface area contributed by atoms with E-state index >= 15 is 0 Å². The van der Waals surface area contributed by atoms with Gasteiger partial charge in [0.05, 0.1) is 6.10 Å². The molecule has 4 aliphatic rings. The lowest BCUT2D eigenvalue weighted by molar-refractivity contribution is -0.164. The Morgan fingerprint density at radius 2 is 1.86 bits per heavy atom. The molecule has 0 amide bonds. The van der Waals surface area contributed by atoms with Crippen LogP contribution in [-0.2, 0) is 4.79 Å². The highest BCUT2D eigenvalue weighted by atomic mass is 16.3. The van der Waals surface area contributed by atoms with Crippen molar-refractivity contribution in [3.8, 4) is 0 Å². The van der Waals surface area contributed by atoms with Crippen molar-refractivity contribution in [1.82, 2.24) is 0 Å². The van der Waals surface area contributed by atoms with E-state index in [2.05, 4.69) is 13.8 Å². The van der Waals surface area contributed by atoms with Gasteiger partial charge in [0.25, 0.3) is 0 Å². The molecule has 3 heteroatoms. The van der Waals surface area contributed by atoms with E-state index in [9.17, 15) is 9.90 Å². The van der Waals surface area contributed by atoms with Crippen LogP contribution in [0.1, 0.15) is 65.2 Å². The van der Waals surface area contributed by atoms with Crippen LogP contribution in [0.15, 0.2) is 0 Å². The summed E-state index contributed by atoms with van der Waals surface area (Å²) in [6.45, 7) is 4.65. The van der Waals surface area contributed by atoms with Gasteiger partial charge >= 0.3 is 0 Å². The van der Waals surface area contributed by atoms with E-state index in [0.29, 0.717) is 40.9 Å². The molecule has 124 valence electrons. The number of Topliss-reactive ketones (excluding diaryl/α,β-unsaturated/α-hetero) is 1. The van der Waals surface area contributed by atoms with Crippen LogP contribution in [0.3, 0.4) is 0 Å². The molecule has 0 aliphatic heterocycles. The predicted octanol–water partition coefficient (Wildman–Crippen LogP) is 2.90. The van der Waals surface area contributed by atoms with Crippen LogP contribution in [0.2, 0.25) is 0 Å². The number of nitrogens with two attached hydrogens (primary N) is 1. The lowest BCUT2D eigenvalue weighted by Gasteiger charge is -2.61. The average molecular weight is 305 g/mol. The largest absolute Gasteiger partial charge is 0.393 e. The number of carbonyl (C=O) groups excluding carboxylic acids is 1. The van der Waals surface area contributed by atoms with E-state index in [-0.39, 0.29) is 11.5 Å². The molecule has 22 heavy (non-hydrogen) atoms. The van der Waals surface area contributed by atoms with E-state index in [0.717, 1.165) is 44.9 Å². The number of hydrogen-bond donors (Lipinski definition) is 2. The molecule has 0 bridgehead atoms. The molecule has 0 saturated heterocycles. The van der Waals surface area contributed by atoms with Gasteiger partial charge in [-0.15, -0.1) is 0 Å². The summed E-state index contributed by atoms with van der Waals surface area (Å²) in [5, 5.41) is 10.9. The molecule has 3 nitrogen and oxygen atoms in total. The molecule has 0 aromatic rings. The third-order valence-corrected chi connectivity index (χ3v) is 8.43. The second-order valence-electron chi connectivity index (χ2n) is 9.25. The fourth-order valence-corrected chi connectivity index (χ4v) is 7.03. The molecule has 4 rings (SSSR count). The fourth-order valence-electron chi connectivity index (χ4n) is 7.03. The van der Waals surface area contributed by atoms with Gasteiger partial charge in [0, 0.05) is 17.9 Å². The Balaban J connectivity index is 1.69. The maximum absolute atomic E-state index is 12.4. The van der Waals surface area contributed by atoms with Crippen molar-refractivity contribution < 1.29 is 9.90 Å². The summed E-state index contributed by atoms with van der Waals surface area (Å²) in [7, 11) is 0. The number of aliphatic hydroxyl groups is 1. The number of ketones is 1. The highest BCUT2D eigenvalue weighted by Gasteiger charge is 2.62. The van der Waals surface area contributed by atoms with Crippen LogP contribution in [-0.4, -0.2) is 23.0 Å². The number of hydrogen-bond acceptors (Lipinski definition) is 3. The van der Waals surface area contributed by atoms with Crippen molar-refractivity contribution in [3.05, 3.63) is 0 Å². The summed E-state index contributed by atoms with van der Waals surface area (Å²) >= 11 is 0. The summed E-state index contributed by atoms with van der Waals surface area (Å²) in [5.74, 6) is 2.40. The first-order valence-corrected chi connectivity index (χ1v) is 9.33. The minimum absolute atomic E-state index is 0.142. The van der Waals surface area contributed by atoms with Gasteiger partial charge in [0.1, 0.15) is 5.78 Å². The summed E-state index contributed by atoms with van der Waals surface area (Å²) < 4.78 is 0. The predicted molar refractivity (Wildman–Crippen MR) is 86.1 cm³/mol. The zero-order chi connectivity index (χ0) is 15.7. The van der Waals surface area contributed by atoms with Crippen LogP contribution in [0.5, 0.6) is 0 Å². The Hall–Kier alpha value is -0.410. The van der Waals surface area contributed by atoms with E-state index < -0.39 is 0 Å². The van der Waals surface area contributed by atoms with Crippen LogP contribution in [0, 0.1) is 34.5 Å². The molecule has 3 unspecified atom stereocenters. The third-order valence-electron chi connectivity index (χ3n) is 8.43. The van der Waals surface area contributed by atoms with Gasteiger partial charge in [0.15, 0.2) is 0 Å². The van der Waals surface area contributed by atoms with Crippen molar-refractivity contribution in [2.24, 2.45) is 40.2 Å². The normalized spacial score (nSPS) is 57.9. The fraction of sp³-hybridized carbons (Fsp3) is 0.947. The maximum atomic E-state index is 12.4. The molecule has 4 fully saturated rings. The minimum atomic E-state index is -0.219. The zero-order valence-corrected chi connectivity index (χ0v) is 14.1. The molecular weight excluding hydrogens is 274 g/mol. The highest BCUT2D eigenvalue weighted by Crippen LogP contribution is 2.65. The Morgan fingerprint density at radius 1 is 1.09 bits per heavy atom. The summed E-state index contributed by atoms with van der Waals surface area (Å²) in [5.41, 5.74) is 6.41. The second kappa shape index (κ2) is 4.80. The lowest BCUT2D eigenvalue weighted by atomic mass is 9.44.